The van der Waals surface area contributed by atoms with E-state index < -0.39 is 0 Å². The van der Waals surface area contributed by atoms with Crippen molar-refractivity contribution in [2.24, 2.45) is 5.92 Å². The Morgan fingerprint density at radius 1 is 1.50 bits per heavy atom. The van der Waals surface area contributed by atoms with E-state index in [1.807, 2.05) is 12.1 Å². The van der Waals surface area contributed by atoms with E-state index in [4.69, 9.17) is 4.74 Å². The summed E-state index contributed by atoms with van der Waals surface area (Å²) in [5.74, 6) is 1.74. The fraction of sp³-hybridized carbons (Fsp3) is 0.615. The molecule has 1 saturated carbocycles. The van der Waals surface area contributed by atoms with Crippen LogP contribution in [-0.2, 0) is 0 Å². The molecule has 3 nitrogen and oxygen atoms in total. The van der Waals surface area contributed by atoms with Crippen molar-refractivity contribution in [1.29, 1.82) is 0 Å². The largest absolute Gasteiger partial charge is 0.490 e. The minimum Gasteiger partial charge on any atom is -0.490 e. The van der Waals surface area contributed by atoms with Crippen LogP contribution in [-0.4, -0.2) is 35.6 Å². The van der Waals surface area contributed by atoms with Gasteiger partial charge in [-0.05, 0) is 44.4 Å². The lowest BCUT2D eigenvalue weighted by Gasteiger charge is -2.31. The second-order valence-electron chi connectivity index (χ2n) is 4.96. The van der Waals surface area contributed by atoms with Crippen LogP contribution in [0.5, 0.6) is 5.75 Å². The second kappa shape index (κ2) is 4.06. The van der Waals surface area contributed by atoms with Crippen molar-refractivity contribution in [2.75, 3.05) is 13.7 Å². The summed E-state index contributed by atoms with van der Waals surface area (Å²) < 4.78 is 5.81. The smallest absolute Gasteiger partial charge is 0.137 e. The van der Waals surface area contributed by atoms with E-state index in [1.165, 1.54) is 19.3 Å². The molecule has 0 amide bonds. The highest BCUT2D eigenvalue weighted by molar-refractivity contribution is 5.15. The number of rotatable bonds is 3. The van der Waals surface area contributed by atoms with Gasteiger partial charge in [-0.25, -0.2) is 0 Å². The van der Waals surface area contributed by atoms with Gasteiger partial charge >= 0.3 is 0 Å². The SMILES string of the molecule is CN1C(COc2cccnc2)[C@@H]2CC[C@H]1C2. The molecular weight excluding hydrogens is 200 g/mol. The molecule has 1 saturated heterocycles. The van der Waals surface area contributed by atoms with Gasteiger partial charge in [-0.3, -0.25) is 9.88 Å². The van der Waals surface area contributed by atoms with Gasteiger partial charge in [0.25, 0.3) is 0 Å². The first kappa shape index (κ1) is 10.1. The van der Waals surface area contributed by atoms with Gasteiger partial charge in [0.15, 0.2) is 0 Å². The van der Waals surface area contributed by atoms with Crippen molar-refractivity contribution in [2.45, 2.75) is 31.3 Å². The van der Waals surface area contributed by atoms with Crippen LogP contribution in [0.1, 0.15) is 19.3 Å². The average molecular weight is 218 g/mol. The highest BCUT2D eigenvalue weighted by Crippen LogP contribution is 2.41. The first-order chi connectivity index (χ1) is 7.84. The molecule has 2 aliphatic rings. The number of fused-ring (bicyclic) bond motifs is 2. The molecule has 3 rings (SSSR count). The van der Waals surface area contributed by atoms with Crippen LogP contribution < -0.4 is 4.74 Å². The van der Waals surface area contributed by atoms with E-state index in [9.17, 15) is 0 Å². The van der Waals surface area contributed by atoms with Crippen LogP contribution in [0.3, 0.4) is 0 Å². The summed E-state index contributed by atoms with van der Waals surface area (Å²) in [5, 5.41) is 0. The van der Waals surface area contributed by atoms with Crippen LogP contribution >= 0.6 is 0 Å². The summed E-state index contributed by atoms with van der Waals surface area (Å²) in [6.07, 6.45) is 7.70. The number of likely N-dealkylation sites (tertiary alicyclic amines) is 1. The zero-order valence-electron chi connectivity index (χ0n) is 9.67. The Morgan fingerprint density at radius 3 is 3.12 bits per heavy atom. The van der Waals surface area contributed by atoms with E-state index in [0.29, 0.717) is 6.04 Å². The molecule has 0 radical (unpaired) electrons. The molecule has 86 valence electrons. The maximum atomic E-state index is 5.81. The lowest BCUT2D eigenvalue weighted by Crippen LogP contribution is -2.41. The van der Waals surface area contributed by atoms with Gasteiger partial charge < -0.3 is 4.74 Å². The highest BCUT2D eigenvalue weighted by atomic mass is 16.5. The number of piperidine rings is 1. The molecule has 3 atom stereocenters. The monoisotopic (exact) mass is 218 g/mol. The Kier molecular flexibility index (Phi) is 2.56. The fourth-order valence-electron chi connectivity index (χ4n) is 3.18. The van der Waals surface area contributed by atoms with Crippen LogP contribution in [0.2, 0.25) is 0 Å². The average Bonchev–Trinajstić information content (AvgIpc) is 2.89. The Balaban J connectivity index is 1.60. The first-order valence-electron chi connectivity index (χ1n) is 6.09. The summed E-state index contributed by atoms with van der Waals surface area (Å²) in [5.41, 5.74) is 0. The Labute approximate surface area is 96.4 Å². The zero-order chi connectivity index (χ0) is 11.0. The molecule has 3 heteroatoms. The number of nitrogens with zero attached hydrogens (tertiary/aromatic N) is 2. The van der Waals surface area contributed by atoms with Crippen molar-refractivity contribution in [3.8, 4) is 5.75 Å². The van der Waals surface area contributed by atoms with Crippen molar-refractivity contribution >= 4 is 0 Å². The van der Waals surface area contributed by atoms with Gasteiger partial charge in [-0.15, -0.1) is 0 Å². The number of hydrogen-bond acceptors (Lipinski definition) is 3. The van der Waals surface area contributed by atoms with Gasteiger partial charge in [0, 0.05) is 18.3 Å². The lowest BCUT2D eigenvalue weighted by molar-refractivity contribution is 0.118. The topological polar surface area (TPSA) is 25.4 Å². The van der Waals surface area contributed by atoms with E-state index in [2.05, 4.69) is 16.9 Å². The Bertz CT molecular complexity index is 352. The van der Waals surface area contributed by atoms with E-state index in [1.54, 1.807) is 12.4 Å². The van der Waals surface area contributed by atoms with Crippen molar-refractivity contribution in [3.63, 3.8) is 0 Å². The molecule has 0 N–H and O–H groups in total. The predicted octanol–water partition coefficient (Wildman–Crippen LogP) is 1.94. The van der Waals surface area contributed by atoms with Gasteiger partial charge in [-0.1, -0.05) is 0 Å². The summed E-state index contributed by atoms with van der Waals surface area (Å²) in [6, 6.07) is 5.31. The van der Waals surface area contributed by atoms with Crippen molar-refractivity contribution < 1.29 is 4.74 Å². The molecule has 0 spiro atoms. The molecule has 1 aromatic rings. The van der Waals surface area contributed by atoms with Gasteiger partial charge in [0.05, 0.1) is 6.20 Å². The molecule has 2 heterocycles. The zero-order valence-corrected chi connectivity index (χ0v) is 9.67. The van der Waals surface area contributed by atoms with Gasteiger partial charge in [0.2, 0.25) is 0 Å². The number of likely N-dealkylation sites (N-methyl/N-ethyl adjacent to an activating group) is 1. The molecule has 2 fully saturated rings. The number of aromatic nitrogens is 1. The summed E-state index contributed by atoms with van der Waals surface area (Å²) in [7, 11) is 2.24. The molecule has 1 unspecified atom stereocenters. The summed E-state index contributed by atoms with van der Waals surface area (Å²) in [6.45, 7) is 0.809. The molecule has 2 bridgehead atoms. The summed E-state index contributed by atoms with van der Waals surface area (Å²) in [4.78, 5) is 6.56. The van der Waals surface area contributed by atoms with E-state index in [0.717, 1.165) is 24.3 Å². The third-order valence-corrected chi connectivity index (χ3v) is 4.14. The third kappa shape index (κ3) is 1.69. The minimum atomic E-state index is 0.610. The maximum Gasteiger partial charge on any atom is 0.137 e. The fourth-order valence-corrected chi connectivity index (χ4v) is 3.18. The maximum absolute atomic E-state index is 5.81. The predicted molar refractivity (Wildman–Crippen MR) is 62.4 cm³/mol. The molecular formula is C13H18N2O. The molecule has 1 aliphatic carbocycles. The Hall–Kier alpha value is -1.09. The first-order valence-corrected chi connectivity index (χ1v) is 6.09. The minimum absolute atomic E-state index is 0.610. The molecule has 1 aromatic heterocycles. The van der Waals surface area contributed by atoms with Gasteiger partial charge in [0.1, 0.15) is 12.4 Å². The molecule has 0 aromatic carbocycles. The number of pyridine rings is 1. The quantitative estimate of drug-likeness (QED) is 0.775. The normalized spacial score (nSPS) is 33.2. The summed E-state index contributed by atoms with van der Waals surface area (Å²) >= 11 is 0. The van der Waals surface area contributed by atoms with Crippen LogP contribution in [0.4, 0.5) is 0 Å². The second-order valence-corrected chi connectivity index (χ2v) is 4.96. The number of ether oxygens (including phenoxy) is 1. The van der Waals surface area contributed by atoms with Crippen molar-refractivity contribution in [1.82, 2.24) is 9.88 Å². The lowest BCUT2D eigenvalue weighted by atomic mass is 10.00. The Morgan fingerprint density at radius 2 is 2.44 bits per heavy atom. The van der Waals surface area contributed by atoms with Crippen LogP contribution in [0, 0.1) is 5.92 Å². The van der Waals surface area contributed by atoms with E-state index >= 15 is 0 Å². The van der Waals surface area contributed by atoms with Crippen molar-refractivity contribution in [3.05, 3.63) is 24.5 Å². The highest BCUT2D eigenvalue weighted by Gasteiger charge is 2.43. The molecule has 16 heavy (non-hydrogen) atoms. The van der Waals surface area contributed by atoms with Crippen LogP contribution in [0.15, 0.2) is 24.5 Å². The number of hydrogen-bond donors (Lipinski definition) is 0. The molecule has 1 aliphatic heterocycles. The van der Waals surface area contributed by atoms with Gasteiger partial charge in [-0.2, -0.15) is 0 Å². The van der Waals surface area contributed by atoms with E-state index in [-0.39, 0.29) is 0 Å². The van der Waals surface area contributed by atoms with Crippen LogP contribution in [0.25, 0.3) is 0 Å². The third-order valence-electron chi connectivity index (χ3n) is 4.14. The standard InChI is InChI=1S/C13H18N2O/c1-15-11-5-4-10(7-11)13(15)9-16-12-3-2-6-14-8-12/h2-3,6,8,10-11,13H,4-5,7,9H2,1H3/t10-,11+,13?/m1/s1.